The first-order chi connectivity index (χ1) is 8.74. The lowest BCUT2D eigenvalue weighted by molar-refractivity contribution is -0.00244. The monoisotopic (exact) mass is 261 g/mol. The fourth-order valence-corrected chi connectivity index (χ4v) is 6.27. The van der Waals surface area contributed by atoms with Crippen LogP contribution >= 0.6 is 11.3 Å². The van der Waals surface area contributed by atoms with Gasteiger partial charge in [0.25, 0.3) is 0 Å². The second-order valence-electron chi connectivity index (χ2n) is 6.84. The van der Waals surface area contributed by atoms with Crippen LogP contribution in [0.2, 0.25) is 0 Å². The van der Waals surface area contributed by atoms with Crippen LogP contribution in [0.15, 0.2) is 6.07 Å². The molecule has 1 heterocycles. The van der Waals surface area contributed by atoms with Crippen LogP contribution in [0.4, 0.5) is 5.00 Å². The number of aryl methyl sites for hydroxylation is 1. The highest BCUT2D eigenvalue weighted by Gasteiger charge is 2.49. The fraction of sp³-hybridized carbons (Fsp3) is 0.750. The van der Waals surface area contributed by atoms with E-state index in [0.29, 0.717) is 0 Å². The van der Waals surface area contributed by atoms with E-state index in [1.54, 1.807) is 6.42 Å². The minimum Gasteiger partial charge on any atom is -0.390 e. The quantitative estimate of drug-likeness (QED) is 0.837. The van der Waals surface area contributed by atoms with Crippen LogP contribution in [-0.2, 0) is 6.42 Å². The zero-order valence-corrected chi connectivity index (χ0v) is 12.0. The van der Waals surface area contributed by atoms with Crippen molar-refractivity contribution in [3.05, 3.63) is 16.5 Å². The van der Waals surface area contributed by atoms with Crippen molar-refractivity contribution in [2.75, 3.05) is 5.73 Å². The van der Waals surface area contributed by atoms with Gasteiger partial charge in [-0.2, -0.15) is 0 Å². The molecule has 1 aromatic rings. The number of nitrogens with two attached hydrogens (primary N) is 1. The lowest BCUT2D eigenvalue weighted by Crippen LogP contribution is -2.43. The van der Waals surface area contributed by atoms with E-state index in [0.717, 1.165) is 41.0 Å². The first-order valence-corrected chi connectivity index (χ1v) is 8.44. The molecule has 0 atom stereocenters. The van der Waals surface area contributed by atoms with Gasteiger partial charge in [0.1, 0.15) is 0 Å². The number of hydrogen-bond acceptors (Lipinski definition) is 2. The third-order valence-electron chi connectivity index (χ3n) is 5.78. The third kappa shape index (κ3) is 1.57. The predicted octanol–water partition coefficient (Wildman–Crippen LogP) is 4.43. The average molecular weight is 261 g/mol. The highest BCUT2D eigenvalue weighted by atomic mass is 32.1. The molecule has 0 radical (unpaired) electrons. The van der Waals surface area contributed by atoms with Gasteiger partial charge in [-0.25, -0.2) is 0 Å². The van der Waals surface area contributed by atoms with Gasteiger partial charge in [0, 0.05) is 4.88 Å². The van der Waals surface area contributed by atoms with Crippen molar-refractivity contribution in [1.29, 1.82) is 0 Å². The first kappa shape index (κ1) is 11.3. The molecule has 4 saturated carbocycles. The number of anilines is 1. The summed E-state index contributed by atoms with van der Waals surface area (Å²) in [6, 6.07) is 2.44. The second-order valence-corrected chi connectivity index (χ2v) is 8.01. The Morgan fingerprint density at radius 3 is 2.22 bits per heavy atom. The molecule has 98 valence electrons. The van der Waals surface area contributed by atoms with Crippen LogP contribution in [0.1, 0.15) is 55.4 Å². The van der Waals surface area contributed by atoms with Crippen LogP contribution in [0.3, 0.4) is 0 Å². The Bertz CT molecular complexity index is 434. The Kier molecular flexibility index (Phi) is 2.52. The van der Waals surface area contributed by atoms with E-state index in [4.69, 9.17) is 5.73 Å². The molecule has 18 heavy (non-hydrogen) atoms. The molecule has 0 amide bonds. The van der Waals surface area contributed by atoms with E-state index in [2.05, 4.69) is 13.0 Å². The molecule has 4 bridgehead atoms. The molecular weight excluding hydrogens is 238 g/mol. The molecule has 0 unspecified atom stereocenters. The summed E-state index contributed by atoms with van der Waals surface area (Å²) >= 11 is 1.84. The summed E-state index contributed by atoms with van der Waals surface area (Å²) in [6.07, 6.45) is 8.66. The van der Waals surface area contributed by atoms with E-state index in [-0.39, 0.29) is 0 Å². The standard InChI is InChI=1S/C16H23NS/c1-2-13-8-14(16(17)18-13)15-11-4-9-3-10(6-11)7-12(15)5-9/h8-12,15H,2-7,17H2,1H3. The average Bonchev–Trinajstić information content (AvgIpc) is 2.69. The molecule has 1 nitrogen and oxygen atoms in total. The molecule has 5 rings (SSSR count). The maximum atomic E-state index is 6.32. The molecular formula is C16H23NS. The van der Waals surface area contributed by atoms with Gasteiger partial charge >= 0.3 is 0 Å². The van der Waals surface area contributed by atoms with Crippen molar-refractivity contribution in [3.8, 4) is 0 Å². The van der Waals surface area contributed by atoms with Gasteiger partial charge in [-0.1, -0.05) is 6.92 Å². The molecule has 0 aromatic carbocycles. The summed E-state index contributed by atoms with van der Waals surface area (Å²) < 4.78 is 0. The Morgan fingerprint density at radius 2 is 1.72 bits per heavy atom. The molecule has 2 heteroatoms. The van der Waals surface area contributed by atoms with Crippen LogP contribution in [0.25, 0.3) is 0 Å². The van der Waals surface area contributed by atoms with Gasteiger partial charge in [-0.05, 0) is 79.7 Å². The van der Waals surface area contributed by atoms with Crippen LogP contribution in [-0.4, -0.2) is 0 Å². The zero-order chi connectivity index (χ0) is 12.3. The van der Waals surface area contributed by atoms with Crippen LogP contribution in [0.5, 0.6) is 0 Å². The number of thiophene rings is 1. The minimum atomic E-state index is 0.814. The molecule has 0 aliphatic heterocycles. The first-order valence-electron chi connectivity index (χ1n) is 7.62. The summed E-state index contributed by atoms with van der Waals surface area (Å²) in [7, 11) is 0. The number of hydrogen-bond donors (Lipinski definition) is 1. The van der Waals surface area contributed by atoms with E-state index in [9.17, 15) is 0 Å². The highest BCUT2D eigenvalue weighted by molar-refractivity contribution is 7.16. The molecule has 1 aromatic heterocycles. The van der Waals surface area contributed by atoms with Gasteiger partial charge in [0.2, 0.25) is 0 Å². The smallest absolute Gasteiger partial charge is 0.0894 e. The Hall–Kier alpha value is -0.500. The van der Waals surface area contributed by atoms with E-state index < -0.39 is 0 Å². The topological polar surface area (TPSA) is 26.0 Å². The molecule has 0 spiro atoms. The van der Waals surface area contributed by atoms with E-state index in [1.807, 2.05) is 11.3 Å². The van der Waals surface area contributed by atoms with Crippen molar-refractivity contribution in [3.63, 3.8) is 0 Å². The predicted molar refractivity (Wildman–Crippen MR) is 77.9 cm³/mol. The molecule has 4 aliphatic carbocycles. The van der Waals surface area contributed by atoms with Crippen molar-refractivity contribution in [2.24, 2.45) is 23.7 Å². The largest absolute Gasteiger partial charge is 0.390 e. The summed E-state index contributed by atoms with van der Waals surface area (Å²) in [6.45, 7) is 2.24. The fourth-order valence-electron chi connectivity index (χ4n) is 5.34. The Labute approximate surface area is 114 Å². The van der Waals surface area contributed by atoms with E-state index >= 15 is 0 Å². The Morgan fingerprint density at radius 1 is 1.11 bits per heavy atom. The van der Waals surface area contributed by atoms with Crippen molar-refractivity contribution in [1.82, 2.24) is 0 Å². The van der Waals surface area contributed by atoms with Gasteiger partial charge in [-0.3, -0.25) is 0 Å². The number of nitrogen functional groups attached to an aromatic ring is 1. The van der Waals surface area contributed by atoms with Gasteiger partial charge in [0.05, 0.1) is 5.00 Å². The maximum Gasteiger partial charge on any atom is 0.0894 e. The third-order valence-corrected chi connectivity index (χ3v) is 6.90. The molecule has 0 saturated heterocycles. The lowest BCUT2D eigenvalue weighted by atomic mass is 9.51. The minimum absolute atomic E-state index is 0.814. The van der Waals surface area contributed by atoms with Crippen molar-refractivity contribution >= 4 is 16.3 Å². The molecule has 2 N–H and O–H groups in total. The van der Waals surface area contributed by atoms with Crippen LogP contribution < -0.4 is 5.73 Å². The van der Waals surface area contributed by atoms with Crippen molar-refractivity contribution < 1.29 is 0 Å². The maximum absolute atomic E-state index is 6.32. The zero-order valence-electron chi connectivity index (χ0n) is 11.2. The highest BCUT2D eigenvalue weighted by Crippen LogP contribution is 2.60. The van der Waals surface area contributed by atoms with Gasteiger partial charge < -0.3 is 5.73 Å². The van der Waals surface area contributed by atoms with E-state index in [1.165, 1.54) is 36.1 Å². The lowest BCUT2D eigenvalue weighted by Gasteiger charge is -2.54. The summed E-state index contributed by atoms with van der Waals surface area (Å²) in [5.41, 5.74) is 7.85. The summed E-state index contributed by atoms with van der Waals surface area (Å²) in [5.74, 6) is 4.86. The van der Waals surface area contributed by atoms with Crippen molar-refractivity contribution in [2.45, 2.75) is 51.4 Å². The molecule has 4 aliphatic rings. The van der Waals surface area contributed by atoms with Gasteiger partial charge in [-0.15, -0.1) is 11.3 Å². The summed E-state index contributed by atoms with van der Waals surface area (Å²) in [5, 5.41) is 1.13. The SMILES string of the molecule is CCc1cc(C2C3CC4CC(C3)CC2C4)c(N)s1. The van der Waals surface area contributed by atoms with Crippen LogP contribution in [0, 0.1) is 23.7 Å². The number of rotatable bonds is 2. The van der Waals surface area contributed by atoms with Gasteiger partial charge in [0.15, 0.2) is 0 Å². The Balaban J connectivity index is 1.69. The molecule has 4 fully saturated rings. The summed E-state index contributed by atoms with van der Waals surface area (Å²) in [4.78, 5) is 1.48. The second kappa shape index (κ2) is 4.00. The normalized spacial score (nSPS) is 41.5.